The summed E-state index contributed by atoms with van der Waals surface area (Å²) in [7, 11) is 0. The summed E-state index contributed by atoms with van der Waals surface area (Å²) in [5.74, 6) is -0.512. The molecule has 86 valence electrons. The maximum absolute atomic E-state index is 13.4. The Morgan fingerprint density at radius 3 is 2.88 bits per heavy atom. The van der Waals surface area contributed by atoms with Crippen molar-refractivity contribution in [3.8, 4) is 0 Å². The van der Waals surface area contributed by atoms with Crippen LogP contribution in [0.3, 0.4) is 0 Å². The molecule has 0 fully saturated rings. The number of hydrogen-bond donors (Lipinski definition) is 1. The van der Waals surface area contributed by atoms with Gasteiger partial charge in [-0.3, -0.25) is 10.1 Å². The maximum atomic E-state index is 13.4. The van der Waals surface area contributed by atoms with Gasteiger partial charge in [0.1, 0.15) is 5.82 Å². The van der Waals surface area contributed by atoms with Crippen molar-refractivity contribution in [3.05, 3.63) is 52.3 Å². The summed E-state index contributed by atoms with van der Waals surface area (Å²) in [6, 6.07) is 2.83. The van der Waals surface area contributed by atoms with Crippen molar-refractivity contribution in [1.82, 2.24) is 0 Å². The van der Waals surface area contributed by atoms with Crippen LogP contribution in [0.15, 0.2) is 30.9 Å². The van der Waals surface area contributed by atoms with Crippen LogP contribution in [-0.4, -0.2) is 4.92 Å². The van der Waals surface area contributed by atoms with Crippen LogP contribution in [0.25, 0.3) is 0 Å². The highest BCUT2D eigenvalue weighted by Gasteiger charge is 2.15. The summed E-state index contributed by atoms with van der Waals surface area (Å²) in [5, 5.41) is 10.5. The summed E-state index contributed by atoms with van der Waals surface area (Å²) >= 11 is 0. The van der Waals surface area contributed by atoms with Crippen LogP contribution in [0.4, 0.5) is 10.1 Å². The molecule has 0 saturated heterocycles. The van der Waals surface area contributed by atoms with Crippen molar-refractivity contribution in [1.29, 1.82) is 0 Å². The molecule has 0 unspecified atom stereocenters. The molecule has 0 bridgehead atoms. The molecule has 0 spiro atoms. The Balaban J connectivity index is 2.96. The van der Waals surface area contributed by atoms with Crippen LogP contribution in [0, 0.1) is 15.9 Å². The van der Waals surface area contributed by atoms with Gasteiger partial charge in [-0.05, 0) is 18.9 Å². The number of nitrogens with zero attached hydrogens (tertiary/aromatic N) is 1. The monoisotopic (exact) mass is 224 g/mol. The highest BCUT2D eigenvalue weighted by Crippen LogP contribution is 2.24. The first-order valence-corrected chi connectivity index (χ1v) is 4.86. The number of nitro groups is 1. The molecule has 0 amide bonds. The normalized spacial score (nSPS) is 12.1. The number of nitrogens with two attached hydrogens (primary N) is 1. The molecule has 1 rings (SSSR count). The van der Waals surface area contributed by atoms with Gasteiger partial charge in [-0.1, -0.05) is 6.08 Å². The van der Waals surface area contributed by atoms with Gasteiger partial charge < -0.3 is 5.73 Å². The van der Waals surface area contributed by atoms with Gasteiger partial charge in [-0.15, -0.1) is 6.58 Å². The minimum Gasteiger partial charge on any atom is -0.324 e. The standard InChI is InChI=1S/C11H13FN2O2/c1-2-3-4-11(13)9-7-8(14(15)16)5-6-10(9)12/h2,5-7,11H,1,3-4,13H2/t11-/m0/s1. The average molecular weight is 224 g/mol. The van der Waals surface area contributed by atoms with E-state index in [1.807, 2.05) is 0 Å². The molecule has 2 N–H and O–H groups in total. The second-order valence-corrected chi connectivity index (χ2v) is 3.44. The zero-order valence-corrected chi connectivity index (χ0v) is 8.73. The Labute approximate surface area is 92.7 Å². The first-order valence-electron chi connectivity index (χ1n) is 4.86. The molecule has 0 heterocycles. The van der Waals surface area contributed by atoms with E-state index in [2.05, 4.69) is 6.58 Å². The predicted molar refractivity (Wildman–Crippen MR) is 59.4 cm³/mol. The molecule has 1 atom stereocenters. The topological polar surface area (TPSA) is 69.2 Å². The van der Waals surface area contributed by atoms with Crippen LogP contribution >= 0.6 is 0 Å². The predicted octanol–water partition coefficient (Wildman–Crippen LogP) is 2.70. The lowest BCUT2D eigenvalue weighted by Crippen LogP contribution is -2.12. The third-order valence-corrected chi connectivity index (χ3v) is 2.27. The largest absolute Gasteiger partial charge is 0.324 e. The zero-order chi connectivity index (χ0) is 12.1. The van der Waals surface area contributed by atoms with Gasteiger partial charge in [0.25, 0.3) is 5.69 Å². The van der Waals surface area contributed by atoms with Crippen LogP contribution < -0.4 is 5.73 Å². The smallest absolute Gasteiger partial charge is 0.269 e. The lowest BCUT2D eigenvalue weighted by molar-refractivity contribution is -0.385. The molecule has 0 aliphatic heterocycles. The summed E-state index contributed by atoms with van der Waals surface area (Å²) in [6.45, 7) is 3.54. The van der Waals surface area contributed by atoms with Crippen LogP contribution in [0.5, 0.6) is 0 Å². The Morgan fingerprint density at radius 2 is 2.31 bits per heavy atom. The summed E-state index contributed by atoms with van der Waals surface area (Å²) < 4.78 is 13.4. The highest BCUT2D eigenvalue weighted by atomic mass is 19.1. The number of rotatable bonds is 5. The molecule has 0 aromatic heterocycles. The van der Waals surface area contributed by atoms with Crippen LogP contribution in [0.1, 0.15) is 24.4 Å². The number of nitro benzene ring substituents is 1. The number of benzene rings is 1. The van der Waals surface area contributed by atoms with Gasteiger partial charge in [-0.25, -0.2) is 4.39 Å². The Bertz CT molecular complexity index is 407. The third-order valence-electron chi connectivity index (χ3n) is 2.27. The fourth-order valence-electron chi connectivity index (χ4n) is 1.38. The molecular formula is C11H13FN2O2. The molecule has 0 aliphatic rings. The van der Waals surface area contributed by atoms with E-state index in [4.69, 9.17) is 5.73 Å². The van der Waals surface area contributed by atoms with Gasteiger partial charge in [0, 0.05) is 23.7 Å². The second kappa shape index (κ2) is 5.37. The fraction of sp³-hybridized carbons (Fsp3) is 0.273. The van der Waals surface area contributed by atoms with E-state index in [-0.39, 0.29) is 11.3 Å². The first-order chi connectivity index (χ1) is 7.56. The van der Waals surface area contributed by atoms with E-state index in [1.54, 1.807) is 6.08 Å². The van der Waals surface area contributed by atoms with Gasteiger partial charge in [0.2, 0.25) is 0 Å². The lowest BCUT2D eigenvalue weighted by Gasteiger charge is -2.11. The Kier molecular flexibility index (Phi) is 4.13. The molecule has 1 aromatic carbocycles. The maximum Gasteiger partial charge on any atom is 0.269 e. The van der Waals surface area contributed by atoms with Gasteiger partial charge >= 0.3 is 0 Å². The van der Waals surface area contributed by atoms with E-state index in [1.165, 1.54) is 6.07 Å². The summed E-state index contributed by atoms with van der Waals surface area (Å²) in [4.78, 5) is 9.96. The minimum absolute atomic E-state index is 0.148. The molecule has 0 saturated carbocycles. The van der Waals surface area contributed by atoms with Crippen molar-refractivity contribution in [2.24, 2.45) is 5.73 Å². The number of non-ortho nitro benzene ring substituents is 1. The Morgan fingerprint density at radius 1 is 1.62 bits per heavy atom. The quantitative estimate of drug-likeness (QED) is 0.475. The highest BCUT2D eigenvalue weighted by molar-refractivity contribution is 5.36. The third kappa shape index (κ3) is 2.87. The van der Waals surface area contributed by atoms with Gasteiger partial charge in [0.05, 0.1) is 4.92 Å². The molecule has 0 aliphatic carbocycles. The molecule has 16 heavy (non-hydrogen) atoms. The zero-order valence-electron chi connectivity index (χ0n) is 8.73. The van der Waals surface area contributed by atoms with Crippen LogP contribution in [0.2, 0.25) is 0 Å². The number of hydrogen-bond acceptors (Lipinski definition) is 3. The molecule has 5 heteroatoms. The van der Waals surface area contributed by atoms with E-state index >= 15 is 0 Å². The molecule has 1 aromatic rings. The summed E-state index contributed by atoms with van der Waals surface area (Å²) in [6.07, 6.45) is 2.83. The summed E-state index contributed by atoms with van der Waals surface area (Å²) in [5.41, 5.74) is 5.77. The Hall–Kier alpha value is -1.75. The van der Waals surface area contributed by atoms with Crippen molar-refractivity contribution in [2.45, 2.75) is 18.9 Å². The van der Waals surface area contributed by atoms with Crippen LogP contribution in [-0.2, 0) is 0 Å². The van der Waals surface area contributed by atoms with Crippen molar-refractivity contribution < 1.29 is 9.31 Å². The number of halogens is 1. The first kappa shape index (κ1) is 12.3. The van der Waals surface area contributed by atoms with E-state index < -0.39 is 16.8 Å². The SMILES string of the molecule is C=CCC[C@H](N)c1cc([N+](=O)[O-])ccc1F. The average Bonchev–Trinajstić information content (AvgIpc) is 2.26. The van der Waals surface area contributed by atoms with Gasteiger partial charge in [-0.2, -0.15) is 0 Å². The lowest BCUT2D eigenvalue weighted by atomic mass is 10.0. The molecular weight excluding hydrogens is 211 g/mol. The van der Waals surface area contributed by atoms with Crippen molar-refractivity contribution in [3.63, 3.8) is 0 Å². The fourth-order valence-corrected chi connectivity index (χ4v) is 1.38. The van der Waals surface area contributed by atoms with E-state index in [0.717, 1.165) is 12.1 Å². The van der Waals surface area contributed by atoms with Gasteiger partial charge in [0.15, 0.2) is 0 Å². The molecule has 0 radical (unpaired) electrons. The van der Waals surface area contributed by atoms with E-state index in [9.17, 15) is 14.5 Å². The van der Waals surface area contributed by atoms with Crippen molar-refractivity contribution >= 4 is 5.69 Å². The molecule has 4 nitrogen and oxygen atoms in total. The second-order valence-electron chi connectivity index (χ2n) is 3.44. The number of allylic oxidation sites excluding steroid dienone is 1. The minimum atomic E-state index is -0.566. The van der Waals surface area contributed by atoms with Crippen molar-refractivity contribution in [2.75, 3.05) is 0 Å². The van der Waals surface area contributed by atoms with E-state index in [0.29, 0.717) is 12.8 Å².